The van der Waals surface area contributed by atoms with Crippen molar-refractivity contribution >= 4 is 15.9 Å². The minimum atomic E-state index is -3.59. The molecule has 2 aromatic rings. The van der Waals surface area contributed by atoms with E-state index >= 15 is 0 Å². The first-order valence-corrected chi connectivity index (χ1v) is 11.8. The molecule has 0 bridgehead atoms. The Hall–Kier alpha value is -2.12. The lowest BCUT2D eigenvalue weighted by Crippen LogP contribution is -2.43. The Balaban J connectivity index is 1.70. The number of carbonyl (C=O) groups is 1. The molecule has 1 fully saturated rings. The highest BCUT2D eigenvalue weighted by Crippen LogP contribution is 2.31. The molecule has 30 heavy (non-hydrogen) atoms. The lowest BCUT2D eigenvalue weighted by Gasteiger charge is -2.33. The van der Waals surface area contributed by atoms with E-state index in [0.717, 1.165) is 33.8 Å². The number of hydrogen-bond donors (Lipinski definition) is 0. The van der Waals surface area contributed by atoms with Gasteiger partial charge in [-0.3, -0.25) is 4.79 Å². The van der Waals surface area contributed by atoms with Crippen molar-refractivity contribution in [3.8, 4) is 0 Å². The molecule has 1 aliphatic rings. The Kier molecular flexibility index (Phi) is 6.43. The van der Waals surface area contributed by atoms with Crippen molar-refractivity contribution in [3.63, 3.8) is 0 Å². The third-order valence-electron chi connectivity index (χ3n) is 6.26. The Bertz CT molecular complexity index is 1020. The van der Waals surface area contributed by atoms with E-state index in [1.165, 1.54) is 0 Å². The summed E-state index contributed by atoms with van der Waals surface area (Å²) in [6.07, 6.45) is 1.06. The van der Waals surface area contributed by atoms with E-state index in [9.17, 15) is 13.2 Å². The second-order valence-corrected chi connectivity index (χ2v) is 10.3. The van der Waals surface area contributed by atoms with Crippen LogP contribution in [-0.2, 0) is 21.4 Å². The maximum Gasteiger partial charge on any atom is 0.243 e. The molecule has 7 heteroatoms. The van der Waals surface area contributed by atoms with Gasteiger partial charge in [-0.15, -0.1) is 0 Å². The number of piperidine rings is 1. The number of carbonyl (C=O) groups excluding carboxylic acids is 1. The first-order valence-electron chi connectivity index (χ1n) is 10.4. The standard InChI is InChI=1S/C23H32N2O4S/c1-15-13-16(2)19(5)22(18(15)4)30(27,28)25-11-9-20(10-12-25)23(26)24(6)14-21-8-7-17(3)29-21/h7-8,13,20H,9-12,14H2,1-6H3. The maximum absolute atomic E-state index is 13.4. The molecule has 1 aromatic carbocycles. The van der Waals surface area contributed by atoms with E-state index in [2.05, 4.69) is 0 Å². The molecule has 0 unspecified atom stereocenters. The molecular weight excluding hydrogens is 400 g/mol. The van der Waals surface area contributed by atoms with Crippen molar-refractivity contribution in [3.05, 3.63) is 52.0 Å². The average molecular weight is 433 g/mol. The fourth-order valence-electron chi connectivity index (χ4n) is 4.23. The molecule has 0 N–H and O–H groups in total. The molecule has 6 nitrogen and oxygen atoms in total. The van der Waals surface area contributed by atoms with E-state index < -0.39 is 10.0 Å². The number of sulfonamides is 1. The van der Waals surface area contributed by atoms with Gasteiger partial charge in [-0.2, -0.15) is 4.31 Å². The SMILES string of the molecule is Cc1ccc(CN(C)C(=O)C2CCN(S(=O)(=O)c3c(C)c(C)cc(C)c3C)CC2)o1. The van der Waals surface area contributed by atoms with Crippen LogP contribution >= 0.6 is 0 Å². The third-order valence-corrected chi connectivity index (χ3v) is 8.44. The fraction of sp³-hybridized carbons (Fsp3) is 0.522. The van der Waals surface area contributed by atoms with Gasteiger partial charge in [0.05, 0.1) is 11.4 Å². The highest BCUT2D eigenvalue weighted by Gasteiger charge is 2.35. The van der Waals surface area contributed by atoms with Crippen LogP contribution in [0.1, 0.15) is 46.6 Å². The Morgan fingerprint density at radius 3 is 2.13 bits per heavy atom. The van der Waals surface area contributed by atoms with Crippen LogP contribution in [0.5, 0.6) is 0 Å². The van der Waals surface area contributed by atoms with Crippen LogP contribution in [0.4, 0.5) is 0 Å². The smallest absolute Gasteiger partial charge is 0.243 e. The lowest BCUT2D eigenvalue weighted by atomic mass is 9.96. The highest BCUT2D eigenvalue weighted by atomic mass is 32.2. The summed E-state index contributed by atoms with van der Waals surface area (Å²) in [6, 6.07) is 5.79. The van der Waals surface area contributed by atoms with Gasteiger partial charge >= 0.3 is 0 Å². The Morgan fingerprint density at radius 1 is 1.07 bits per heavy atom. The van der Waals surface area contributed by atoms with E-state index in [0.29, 0.717) is 37.4 Å². The molecular formula is C23H32N2O4S. The van der Waals surface area contributed by atoms with Crippen molar-refractivity contribution in [2.24, 2.45) is 5.92 Å². The number of furan rings is 1. The minimum Gasteiger partial charge on any atom is -0.464 e. The summed E-state index contributed by atoms with van der Waals surface area (Å²) in [6.45, 7) is 10.7. The largest absolute Gasteiger partial charge is 0.464 e. The van der Waals surface area contributed by atoms with E-state index in [1.54, 1.807) is 16.3 Å². The molecule has 1 aromatic heterocycles. The van der Waals surface area contributed by atoms with Crippen molar-refractivity contribution in [1.82, 2.24) is 9.21 Å². The molecule has 0 atom stereocenters. The molecule has 1 saturated heterocycles. The molecule has 0 spiro atoms. The quantitative estimate of drug-likeness (QED) is 0.719. The first kappa shape index (κ1) is 22.6. The predicted molar refractivity (Wildman–Crippen MR) is 117 cm³/mol. The van der Waals surface area contributed by atoms with Gasteiger partial charge in [0.15, 0.2) is 0 Å². The molecule has 1 amide bonds. The molecule has 164 valence electrons. The average Bonchev–Trinajstić information content (AvgIpc) is 3.10. The Morgan fingerprint density at radius 2 is 1.63 bits per heavy atom. The van der Waals surface area contributed by atoms with Crippen LogP contribution in [0.15, 0.2) is 27.5 Å². The van der Waals surface area contributed by atoms with Crippen molar-refractivity contribution in [1.29, 1.82) is 0 Å². The van der Waals surface area contributed by atoms with Crippen molar-refractivity contribution in [2.45, 2.75) is 58.9 Å². The number of nitrogens with zero attached hydrogens (tertiary/aromatic N) is 2. The third kappa shape index (κ3) is 4.32. The van der Waals surface area contributed by atoms with Gasteiger partial charge in [0, 0.05) is 26.1 Å². The molecule has 0 radical (unpaired) electrons. The van der Waals surface area contributed by atoms with Gasteiger partial charge in [0.25, 0.3) is 0 Å². The van der Waals surface area contributed by atoms with Crippen LogP contribution in [0.2, 0.25) is 0 Å². The summed E-state index contributed by atoms with van der Waals surface area (Å²) in [5, 5.41) is 0. The van der Waals surface area contributed by atoms with Crippen LogP contribution in [0.3, 0.4) is 0 Å². The minimum absolute atomic E-state index is 0.0415. The summed E-state index contributed by atoms with van der Waals surface area (Å²) in [5.74, 6) is 1.45. The molecule has 0 saturated carbocycles. The number of hydrogen-bond acceptors (Lipinski definition) is 4. The normalized spacial score (nSPS) is 16.1. The van der Waals surface area contributed by atoms with Crippen molar-refractivity contribution < 1.29 is 17.6 Å². The number of benzene rings is 1. The monoisotopic (exact) mass is 432 g/mol. The van der Waals surface area contributed by atoms with Crippen LogP contribution in [-0.4, -0.2) is 43.7 Å². The van der Waals surface area contributed by atoms with Gasteiger partial charge in [0.1, 0.15) is 11.5 Å². The molecule has 0 aliphatic carbocycles. The summed E-state index contributed by atoms with van der Waals surface area (Å²) in [5.41, 5.74) is 3.59. The Labute approximate surface area is 179 Å². The zero-order valence-corrected chi connectivity index (χ0v) is 19.6. The van der Waals surface area contributed by atoms with E-state index in [4.69, 9.17) is 4.42 Å². The summed E-state index contributed by atoms with van der Waals surface area (Å²) in [7, 11) is -1.82. The van der Waals surface area contributed by atoms with E-state index in [-0.39, 0.29) is 11.8 Å². The van der Waals surface area contributed by atoms with Gasteiger partial charge < -0.3 is 9.32 Å². The van der Waals surface area contributed by atoms with E-state index in [1.807, 2.05) is 52.8 Å². The fourth-order valence-corrected chi connectivity index (χ4v) is 6.28. The number of amides is 1. The summed E-state index contributed by atoms with van der Waals surface area (Å²) < 4.78 is 33.9. The van der Waals surface area contributed by atoms with Crippen LogP contribution in [0, 0.1) is 40.5 Å². The molecule has 1 aliphatic heterocycles. The van der Waals surface area contributed by atoms with Gasteiger partial charge in [-0.25, -0.2) is 8.42 Å². The second-order valence-electron chi connectivity index (χ2n) is 8.47. The second kappa shape index (κ2) is 8.55. The van der Waals surface area contributed by atoms with Crippen LogP contribution < -0.4 is 0 Å². The number of aryl methyl sites for hydroxylation is 3. The first-order chi connectivity index (χ1) is 14.0. The maximum atomic E-state index is 13.4. The van der Waals surface area contributed by atoms with Crippen LogP contribution in [0.25, 0.3) is 0 Å². The molecule has 3 rings (SSSR count). The zero-order valence-electron chi connectivity index (χ0n) is 18.8. The summed E-state index contributed by atoms with van der Waals surface area (Å²) >= 11 is 0. The van der Waals surface area contributed by atoms with Gasteiger partial charge in [-0.1, -0.05) is 6.07 Å². The van der Waals surface area contributed by atoms with Gasteiger partial charge in [-0.05, 0) is 81.8 Å². The lowest BCUT2D eigenvalue weighted by molar-refractivity contribution is -0.136. The predicted octanol–water partition coefficient (Wildman–Crippen LogP) is 3.88. The number of rotatable bonds is 5. The summed E-state index contributed by atoms with van der Waals surface area (Å²) in [4.78, 5) is 14.9. The molecule has 2 heterocycles. The zero-order chi connectivity index (χ0) is 22.2. The highest BCUT2D eigenvalue weighted by molar-refractivity contribution is 7.89. The van der Waals surface area contributed by atoms with Gasteiger partial charge in [0.2, 0.25) is 15.9 Å². The van der Waals surface area contributed by atoms with Crippen molar-refractivity contribution in [2.75, 3.05) is 20.1 Å². The topological polar surface area (TPSA) is 70.8 Å².